The van der Waals surface area contributed by atoms with E-state index in [0.717, 1.165) is 10.0 Å². The first-order chi connectivity index (χ1) is 6.52. The van der Waals surface area contributed by atoms with Crippen molar-refractivity contribution in [2.75, 3.05) is 5.73 Å². The maximum atomic E-state index is 11.7. The average Bonchev–Trinajstić information content (AvgIpc) is 2.11. The molecule has 0 aliphatic heterocycles. The van der Waals surface area contributed by atoms with E-state index in [9.17, 15) is 4.21 Å². The molecular formula is C10H14BrNOS. The molecule has 0 amide bonds. The number of benzene rings is 1. The van der Waals surface area contributed by atoms with Crippen molar-refractivity contribution in [2.45, 2.75) is 24.9 Å². The average molecular weight is 276 g/mol. The van der Waals surface area contributed by atoms with E-state index >= 15 is 0 Å². The molecule has 0 saturated carbocycles. The van der Waals surface area contributed by atoms with Gasteiger partial charge in [-0.3, -0.25) is 4.21 Å². The van der Waals surface area contributed by atoms with Gasteiger partial charge in [-0.2, -0.15) is 0 Å². The van der Waals surface area contributed by atoms with Crippen molar-refractivity contribution in [3.63, 3.8) is 0 Å². The zero-order chi connectivity index (χ0) is 10.7. The summed E-state index contributed by atoms with van der Waals surface area (Å²) < 4.78 is 12.6. The fourth-order valence-electron chi connectivity index (χ4n) is 1.04. The van der Waals surface area contributed by atoms with Gasteiger partial charge >= 0.3 is 0 Å². The minimum atomic E-state index is -0.853. The van der Waals surface area contributed by atoms with Crippen molar-refractivity contribution in [3.05, 3.63) is 28.2 Å². The molecule has 0 spiro atoms. The predicted octanol–water partition coefficient (Wildman–Crippen LogP) is 2.69. The van der Waals surface area contributed by atoms with Gasteiger partial charge in [0.1, 0.15) is 0 Å². The van der Waals surface area contributed by atoms with E-state index in [-0.39, 0.29) is 5.25 Å². The molecule has 0 saturated heterocycles. The lowest BCUT2D eigenvalue weighted by atomic mass is 10.2. The summed E-state index contributed by atoms with van der Waals surface area (Å²) in [7, 11) is -0.853. The van der Waals surface area contributed by atoms with Crippen LogP contribution in [0.1, 0.15) is 19.4 Å². The molecule has 1 aromatic carbocycles. The Morgan fingerprint density at radius 1 is 1.50 bits per heavy atom. The Kier molecular flexibility index (Phi) is 4.13. The van der Waals surface area contributed by atoms with Crippen LogP contribution in [0.25, 0.3) is 0 Å². The third-order valence-electron chi connectivity index (χ3n) is 1.97. The van der Waals surface area contributed by atoms with Crippen LogP contribution in [0.15, 0.2) is 22.7 Å². The Labute approximate surface area is 95.5 Å². The van der Waals surface area contributed by atoms with Gasteiger partial charge in [0.25, 0.3) is 0 Å². The lowest BCUT2D eigenvalue weighted by Crippen LogP contribution is -2.09. The van der Waals surface area contributed by atoms with E-state index in [1.54, 1.807) is 0 Å². The van der Waals surface area contributed by atoms with E-state index in [1.165, 1.54) is 0 Å². The quantitative estimate of drug-likeness (QED) is 0.862. The monoisotopic (exact) mass is 275 g/mol. The number of hydrogen-bond donors (Lipinski definition) is 1. The van der Waals surface area contributed by atoms with Crippen molar-refractivity contribution in [1.29, 1.82) is 0 Å². The molecular weight excluding hydrogens is 262 g/mol. The van der Waals surface area contributed by atoms with Crippen LogP contribution in [0.2, 0.25) is 0 Å². The number of rotatable bonds is 3. The van der Waals surface area contributed by atoms with Gasteiger partial charge in [0.2, 0.25) is 0 Å². The largest absolute Gasteiger partial charge is 0.398 e. The van der Waals surface area contributed by atoms with Gasteiger partial charge in [-0.25, -0.2) is 0 Å². The number of nitrogens with two attached hydrogens (primary N) is 1. The highest BCUT2D eigenvalue weighted by molar-refractivity contribution is 9.10. The molecule has 0 aromatic heterocycles. The van der Waals surface area contributed by atoms with Crippen LogP contribution < -0.4 is 5.73 Å². The van der Waals surface area contributed by atoms with E-state index in [2.05, 4.69) is 15.9 Å². The molecule has 4 heteroatoms. The summed E-state index contributed by atoms with van der Waals surface area (Å²) in [5, 5.41) is 0.168. The highest BCUT2D eigenvalue weighted by Crippen LogP contribution is 2.24. The minimum Gasteiger partial charge on any atom is -0.398 e. The molecule has 2 nitrogen and oxygen atoms in total. The summed E-state index contributed by atoms with van der Waals surface area (Å²) in [5.74, 6) is 0.519. The molecule has 1 atom stereocenters. The van der Waals surface area contributed by atoms with Crippen molar-refractivity contribution >= 4 is 32.4 Å². The van der Waals surface area contributed by atoms with Gasteiger partial charge in [0.15, 0.2) is 0 Å². The Morgan fingerprint density at radius 3 is 2.64 bits per heavy atom. The fraction of sp³-hybridized carbons (Fsp3) is 0.400. The third kappa shape index (κ3) is 2.82. The van der Waals surface area contributed by atoms with E-state index in [0.29, 0.717) is 11.4 Å². The molecule has 1 unspecified atom stereocenters. The Morgan fingerprint density at radius 2 is 2.14 bits per heavy atom. The first kappa shape index (κ1) is 11.7. The summed E-state index contributed by atoms with van der Waals surface area (Å²) in [4.78, 5) is 0. The highest BCUT2D eigenvalue weighted by Gasteiger charge is 2.10. The Bertz CT molecular complexity index is 332. The molecule has 0 heterocycles. The molecule has 14 heavy (non-hydrogen) atoms. The smallest absolute Gasteiger partial charge is 0.0519 e. The maximum absolute atomic E-state index is 11.7. The van der Waals surface area contributed by atoms with E-state index in [1.807, 2.05) is 32.0 Å². The van der Waals surface area contributed by atoms with Crippen LogP contribution >= 0.6 is 15.9 Å². The van der Waals surface area contributed by atoms with Crippen LogP contribution in [0, 0.1) is 0 Å². The molecule has 0 aliphatic rings. The molecule has 2 N–H and O–H groups in total. The molecule has 1 rings (SSSR count). The Hall–Kier alpha value is -0.350. The maximum Gasteiger partial charge on any atom is 0.0519 e. The van der Waals surface area contributed by atoms with Crippen molar-refractivity contribution in [2.24, 2.45) is 0 Å². The second-order valence-electron chi connectivity index (χ2n) is 3.38. The Balaban J connectivity index is 2.91. The first-order valence-electron chi connectivity index (χ1n) is 4.42. The summed E-state index contributed by atoms with van der Waals surface area (Å²) in [6.45, 7) is 3.90. The normalized spacial score (nSPS) is 13.1. The van der Waals surface area contributed by atoms with Crippen molar-refractivity contribution < 1.29 is 4.21 Å². The van der Waals surface area contributed by atoms with Gasteiger partial charge in [0.05, 0.1) is 5.75 Å². The number of anilines is 1. The zero-order valence-corrected chi connectivity index (χ0v) is 10.7. The topological polar surface area (TPSA) is 43.1 Å². The zero-order valence-electron chi connectivity index (χ0n) is 8.29. The van der Waals surface area contributed by atoms with Crippen LogP contribution in [0.4, 0.5) is 5.69 Å². The molecule has 1 aromatic rings. The van der Waals surface area contributed by atoms with Gasteiger partial charge in [-0.15, -0.1) is 0 Å². The summed E-state index contributed by atoms with van der Waals surface area (Å²) in [5.41, 5.74) is 7.45. The standard InChI is InChI=1S/C10H14BrNOS/c1-7(2)14(13)6-8-9(11)4-3-5-10(8)12/h3-5,7H,6,12H2,1-2H3. The van der Waals surface area contributed by atoms with E-state index < -0.39 is 10.8 Å². The number of hydrogen-bond acceptors (Lipinski definition) is 2. The fourth-order valence-corrected chi connectivity index (χ4v) is 2.68. The SMILES string of the molecule is CC(C)S(=O)Cc1c(N)cccc1Br. The lowest BCUT2D eigenvalue weighted by molar-refractivity contribution is 0.676. The number of halogens is 1. The van der Waals surface area contributed by atoms with Gasteiger partial charge in [0, 0.05) is 31.8 Å². The molecule has 0 aliphatic carbocycles. The van der Waals surface area contributed by atoms with Gasteiger partial charge in [-0.1, -0.05) is 35.8 Å². The molecule has 0 bridgehead atoms. The van der Waals surface area contributed by atoms with Crippen molar-refractivity contribution in [1.82, 2.24) is 0 Å². The molecule has 78 valence electrons. The van der Waals surface area contributed by atoms with E-state index in [4.69, 9.17) is 5.73 Å². The van der Waals surface area contributed by atoms with Crippen LogP contribution in [0.3, 0.4) is 0 Å². The molecule has 0 fully saturated rings. The van der Waals surface area contributed by atoms with Gasteiger partial charge in [-0.05, 0) is 12.1 Å². The molecule has 0 radical (unpaired) electrons. The predicted molar refractivity (Wildman–Crippen MR) is 65.5 cm³/mol. The van der Waals surface area contributed by atoms with Crippen molar-refractivity contribution in [3.8, 4) is 0 Å². The summed E-state index contributed by atoms with van der Waals surface area (Å²) in [6.07, 6.45) is 0. The van der Waals surface area contributed by atoms with Gasteiger partial charge < -0.3 is 5.73 Å². The van der Waals surface area contributed by atoms with Crippen LogP contribution in [0.5, 0.6) is 0 Å². The third-order valence-corrected chi connectivity index (χ3v) is 4.34. The first-order valence-corrected chi connectivity index (χ1v) is 6.60. The van der Waals surface area contributed by atoms with Crippen LogP contribution in [-0.4, -0.2) is 9.46 Å². The highest BCUT2D eigenvalue weighted by atomic mass is 79.9. The lowest BCUT2D eigenvalue weighted by Gasteiger charge is -2.09. The van der Waals surface area contributed by atoms with Crippen LogP contribution in [-0.2, 0) is 16.6 Å². The second kappa shape index (κ2) is 4.94. The second-order valence-corrected chi connectivity index (χ2v) is 6.23. The minimum absolute atomic E-state index is 0.168. The summed E-state index contributed by atoms with van der Waals surface area (Å²) in [6, 6.07) is 5.63. The summed E-state index contributed by atoms with van der Waals surface area (Å²) >= 11 is 3.41. The number of nitrogen functional groups attached to an aromatic ring is 1.